The molecule has 7 nitrogen and oxygen atoms in total. The predicted molar refractivity (Wildman–Crippen MR) is 126 cm³/mol. The van der Waals surface area contributed by atoms with Gasteiger partial charge in [-0.3, -0.25) is 13.9 Å². The largest absolute Gasteiger partial charge is 0.352 e. The van der Waals surface area contributed by atoms with Crippen LogP contribution in [-0.4, -0.2) is 50.0 Å². The predicted octanol–water partition coefficient (Wildman–Crippen LogP) is 3.30. The Bertz CT molecular complexity index is 1040. The molecule has 2 rings (SSSR count). The fourth-order valence-electron chi connectivity index (χ4n) is 3.00. The van der Waals surface area contributed by atoms with Gasteiger partial charge in [-0.05, 0) is 62.7 Å². The molecule has 174 valence electrons. The highest BCUT2D eigenvalue weighted by Crippen LogP contribution is 2.21. The molecule has 0 aliphatic heterocycles. The number of carbonyl (C=O) groups is 2. The van der Waals surface area contributed by atoms with Crippen molar-refractivity contribution in [2.24, 2.45) is 0 Å². The van der Waals surface area contributed by atoms with E-state index < -0.39 is 34.3 Å². The van der Waals surface area contributed by atoms with E-state index in [1.54, 1.807) is 45.0 Å². The number of benzene rings is 2. The first-order valence-corrected chi connectivity index (χ1v) is 12.6. The van der Waals surface area contributed by atoms with Gasteiger partial charge in [-0.1, -0.05) is 28.1 Å². The molecule has 0 spiro atoms. The average Bonchev–Trinajstić information content (AvgIpc) is 2.70. The van der Waals surface area contributed by atoms with Gasteiger partial charge in [0.2, 0.25) is 21.8 Å². The van der Waals surface area contributed by atoms with Crippen LogP contribution in [-0.2, 0) is 26.2 Å². The number of halogens is 2. The zero-order valence-electron chi connectivity index (χ0n) is 18.4. The highest BCUT2D eigenvalue weighted by molar-refractivity contribution is 9.10. The second kappa shape index (κ2) is 10.9. The van der Waals surface area contributed by atoms with Gasteiger partial charge in [0.1, 0.15) is 18.4 Å². The van der Waals surface area contributed by atoms with Gasteiger partial charge in [-0.15, -0.1) is 0 Å². The average molecular weight is 528 g/mol. The van der Waals surface area contributed by atoms with Gasteiger partial charge in [0.25, 0.3) is 0 Å². The number of nitrogens with zero attached hydrogens (tertiary/aromatic N) is 2. The second-order valence-electron chi connectivity index (χ2n) is 7.73. The zero-order chi connectivity index (χ0) is 24.1. The van der Waals surface area contributed by atoms with Gasteiger partial charge >= 0.3 is 0 Å². The third-order valence-electron chi connectivity index (χ3n) is 4.66. The van der Waals surface area contributed by atoms with Crippen LogP contribution in [0.25, 0.3) is 0 Å². The molecule has 0 aliphatic carbocycles. The van der Waals surface area contributed by atoms with E-state index in [1.807, 2.05) is 0 Å². The van der Waals surface area contributed by atoms with E-state index in [4.69, 9.17) is 0 Å². The minimum atomic E-state index is -3.78. The number of hydrogen-bond donors (Lipinski definition) is 1. The molecule has 0 saturated heterocycles. The van der Waals surface area contributed by atoms with Crippen molar-refractivity contribution in [2.75, 3.05) is 17.1 Å². The van der Waals surface area contributed by atoms with Crippen molar-refractivity contribution in [2.45, 2.75) is 39.4 Å². The molecule has 2 amide bonds. The molecule has 0 saturated carbocycles. The Hall–Kier alpha value is -2.46. The van der Waals surface area contributed by atoms with E-state index in [9.17, 15) is 22.4 Å². The summed E-state index contributed by atoms with van der Waals surface area (Å²) in [6.45, 7) is 4.71. The highest BCUT2D eigenvalue weighted by atomic mass is 79.9. The summed E-state index contributed by atoms with van der Waals surface area (Å²) in [4.78, 5) is 27.2. The number of rotatable bonds is 9. The van der Waals surface area contributed by atoms with Gasteiger partial charge in [-0.25, -0.2) is 12.8 Å². The van der Waals surface area contributed by atoms with Crippen molar-refractivity contribution in [1.82, 2.24) is 10.2 Å². The lowest BCUT2D eigenvalue weighted by Crippen LogP contribution is -2.52. The lowest BCUT2D eigenvalue weighted by Gasteiger charge is -2.31. The summed E-state index contributed by atoms with van der Waals surface area (Å²) in [6.07, 6.45) is 1.02. The lowest BCUT2D eigenvalue weighted by atomic mass is 10.1. The van der Waals surface area contributed by atoms with Gasteiger partial charge in [0.05, 0.1) is 11.9 Å². The highest BCUT2D eigenvalue weighted by Gasteiger charge is 2.30. The summed E-state index contributed by atoms with van der Waals surface area (Å²) in [5.41, 5.74) is 0.934. The monoisotopic (exact) mass is 527 g/mol. The molecule has 0 bridgehead atoms. The standard InChI is InChI=1S/C22H27BrFN3O4S/c1-15(2)25-22(29)16(3)26(13-17-5-9-19(24)10-6-17)21(28)14-27(32(4,30)31)20-11-7-18(23)8-12-20/h5-12,15-16H,13-14H2,1-4H3,(H,25,29)/t16-/m1/s1. The van der Waals surface area contributed by atoms with Crippen LogP contribution in [0.3, 0.4) is 0 Å². The summed E-state index contributed by atoms with van der Waals surface area (Å²) in [5, 5.41) is 2.76. The molecular formula is C22H27BrFN3O4S. The molecule has 0 aromatic heterocycles. The van der Waals surface area contributed by atoms with Crippen molar-refractivity contribution < 1.29 is 22.4 Å². The molecule has 0 heterocycles. The van der Waals surface area contributed by atoms with E-state index >= 15 is 0 Å². The van der Waals surface area contributed by atoms with E-state index in [0.29, 0.717) is 11.3 Å². The van der Waals surface area contributed by atoms with Gasteiger partial charge in [0.15, 0.2) is 0 Å². The van der Waals surface area contributed by atoms with Crippen LogP contribution in [0.2, 0.25) is 0 Å². The van der Waals surface area contributed by atoms with Crippen LogP contribution < -0.4 is 9.62 Å². The number of nitrogens with one attached hydrogen (secondary N) is 1. The Morgan fingerprint density at radius 2 is 1.59 bits per heavy atom. The molecular weight excluding hydrogens is 501 g/mol. The van der Waals surface area contributed by atoms with Crippen molar-refractivity contribution in [1.29, 1.82) is 0 Å². The van der Waals surface area contributed by atoms with Crippen molar-refractivity contribution in [3.63, 3.8) is 0 Å². The van der Waals surface area contributed by atoms with Gasteiger partial charge < -0.3 is 10.2 Å². The molecule has 2 aromatic carbocycles. The number of amides is 2. The van der Waals surface area contributed by atoms with Crippen LogP contribution in [0.4, 0.5) is 10.1 Å². The first-order chi connectivity index (χ1) is 14.9. The Kier molecular flexibility index (Phi) is 8.80. The summed E-state index contributed by atoms with van der Waals surface area (Å²) in [6, 6.07) is 11.1. The molecule has 0 fully saturated rings. The van der Waals surface area contributed by atoms with Gasteiger partial charge in [0, 0.05) is 17.1 Å². The minimum Gasteiger partial charge on any atom is -0.352 e. The molecule has 10 heteroatoms. The Labute approximate surface area is 196 Å². The molecule has 32 heavy (non-hydrogen) atoms. The Morgan fingerprint density at radius 3 is 2.09 bits per heavy atom. The summed E-state index contributed by atoms with van der Waals surface area (Å²) < 4.78 is 40.0. The van der Waals surface area contributed by atoms with Crippen LogP contribution in [0.5, 0.6) is 0 Å². The quantitative estimate of drug-likeness (QED) is 0.542. The number of anilines is 1. The summed E-state index contributed by atoms with van der Waals surface area (Å²) >= 11 is 3.30. The number of hydrogen-bond acceptors (Lipinski definition) is 4. The maximum absolute atomic E-state index is 13.3. The van der Waals surface area contributed by atoms with Crippen molar-refractivity contribution in [3.8, 4) is 0 Å². The van der Waals surface area contributed by atoms with E-state index in [2.05, 4.69) is 21.2 Å². The SMILES string of the molecule is CC(C)NC(=O)[C@@H](C)N(Cc1ccc(F)cc1)C(=O)CN(c1ccc(Br)cc1)S(C)(=O)=O. The number of sulfonamides is 1. The molecule has 0 radical (unpaired) electrons. The smallest absolute Gasteiger partial charge is 0.244 e. The molecule has 1 atom stereocenters. The van der Waals surface area contributed by atoms with Crippen LogP contribution in [0.1, 0.15) is 26.3 Å². The maximum Gasteiger partial charge on any atom is 0.244 e. The van der Waals surface area contributed by atoms with Gasteiger partial charge in [-0.2, -0.15) is 0 Å². The lowest BCUT2D eigenvalue weighted by molar-refractivity contribution is -0.139. The molecule has 1 N–H and O–H groups in total. The van der Waals surface area contributed by atoms with Crippen LogP contribution >= 0.6 is 15.9 Å². The third kappa shape index (κ3) is 7.30. The fourth-order valence-corrected chi connectivity index (χ4v) is 4.11. The first kappa shape index (κ1) is 25.8. The first-order valence-electron chi connectivity index (χ1n) is 9.96. The van der Waals surface area contributed by atoms with Crippen molar-refractivity contribution in [3.05, 3.63) is 64.4 Å². The van der Waals surface area contributed by atoms with Crippen LogP contribution in [0.15, 0.2) is 53.0 Å². The minimum absolute atomic E-state index is 0.0176. The normalized spacial score (nSPS) is 12.3. The van der Waals surface area contributed by atoms with Crippen molar-refractivity contribution >= 4 is 43.5 Å². The maximum atomic E-state index is 13.3. The Morgan fingerprint density at radius 1 is 1.03 bits per heavy atom. The summed E-state index contributed by atoms with van der Waals surface area (Å²) in [5.74, 6) is -1.35. The zero-order valence-corrected chi connectivity index (χ0v) is 20.8. The van der Waals surface area contributed by atoms with E-state index in [0.717, 1.165) is 15.0 Å². The topological polar surface area (TPSA) is 86.8 Å². The molecule has 0 unspecified atom stereocenters. The second-order valence-corrected chi connectivity index (χ2v) is 10.6. The molecule has 2 aromatic rings. The van der Waals surface area contributed by atoms with E-state index in [-0.39, 0.29) is 18.5 Å². The third-order valence-corrected chi connectivity index (χ3v) is 6.33. The fraction of sp³-hybridized carbons (Fsp3) is 0.364. The Balaban J connectivity index is 2.36. The number of carbonyl (C=O) groups excluding carboxylic acids is 2. The molecule has 0 aliphatic rings. The van der Waals surface area contributed by atoms with E-state index in [1.165, 1.54) is 29.2 Å². The van der Waals surface area contributed by atoms with Crippen LogP contribution in [0, 0.1) is 5.82 Å². The summed E-state index contributed by atoms with van der Waals surface area (Å²) in [7, 11) is -3.78.